The number of hydrogen-bond donors (Lipinski definition) is 2. The molecule has 1 heterocycles. The summed E-state index contributed by atoms with van der Waals surface area (Å²) in [4.78, 5) is 12.2. The maximum absolute atomic E-state index is 12.2. The van der Waals surface area contributed by atoms with Crippen LogP contribution in [0.3, 0.4) is 0 Å². The molecule has 0 aliphatic heterocycles. The fourth-order valence-corrected chi connectivity index (χ4v) is 4.39. The van der Waals surface area contributed by atoms with Gasteiger partial charge in [0.1, 0.15) is 0 Å². The van der Waals surface area contributed by atoms with Crippen molar-refractivity contribution < 1.29 is 9.53 Å². The fourth-order valence-electron chi connectivity index (χ4n) is 4.39. The summed E-state index contributed by atoms with van der Waals surface area (Å²) < 4.78 is 7.70. The molecule has 3 rings (SSSR count). The highest BCUT2D eigenvalue weighted by molar-refractivity contribution is 5.74. The summed E-state index contributed by atoms with van der Waals surface area (Å²) in [7, 11) is 1.92. The molecule has 0 unspecified atom stereocenters. The maximum atomic E-state index is 12.2. The van der Waals surface area contributed by atoms with Crippen molar-refractivity contribution >= 4 is 6.03 Å². The van der Waals surface area contributed by atoms with Gasteiger partial charge in [0, 0.05) is 37.9 Å². The van der Waals surface area contributed by atoms with Gasteiger partial charge in [0.2, 0.25) is 0 Å². The van der Waals surface area contributed by atoms with Gasteiger partial charge in [-0.25, -0.2) is 4.79 Å². The lowest BCUT2D eigenvalue weighted by Gasteiger charge is -2.53. The van der Waals surface area contributed by atoms with Crippen molar-refractivity contribution in [1.82, 2.24) is 20.4 Å². The van der Waals surface area contributed by atoms with E-state index >= 15 is 0 Å². The van der Waals surface area contributed by atoms with E-state index in [1.807, 2.05) is 24.1 Å². The largest absolute Gasteiger partial charge is 0.378 e. The molecule has 2 aliphatic carbocycles. The molecule has 2 saturated carbocycles. The van der Waals surface area contributed by atoms with Crippen LogP contribution in [0, 0.1) is 5.41 Å². The molecule has 6 nitrogen and oxygen atoms in total. The summed E-state index contributed by atoms with van der Waals surface area (Å²) in [5.41, 5.74) is 1.41. The van der Waals surface area contributed by atoms with Crippen molar-refractivity contribution in [3.05, 3.63) is 18.0 Å². The number of nitrogens with one attached hydrogen (secondary N) is 2. The molecule has 1 spiro atoms. The molecule has 134 valence electrons. The molecular formula is C18H30N4O2. The van der Waals surface area contributed by atoms with Gasteiger partial charge in [-0.15, -0.1) is 0 Å². The van der Waals surface area contributed by atoms with Crippen molar-refractivity contribution in [2.75, 3.05) is 13.2 Å². The Labute approximate surface area is 144 Å². The summed E-state index contributed by atoms with van der Waals surface area (Å²) in [6.45, 7) is 3.51. The maximum Gasteiger partial charge on any atom is 0.315 e. The van der Waals surface area contributed by atoms with E-state index in [-0.39, 0.29) is 17.5 Å². The average molecular weight is 334 g/mol. The number of ether oxygens (including phenoxy) is 1. The molecule has 0 aromatic carbocycles. The molecular weight excluding hydrogens is 304 g/mol. The summed E-state index contributed by atoms with van der Waals surface area (Å²) in [5.74, 6) is 0. The second-order valence-corrected chi connectivity index (χ2v) is 7.20. The van der Waals surface area contributed by atoms with Crippen molar-refractivity contribution in [3.8, 4) is 0 Å². The predicted octanol–water partition coefficient (Wildman–Crippen LogP) is 2.39. The van der Waals surface area contributed by atoms with E-state index in [1.54, 1.807) is 0 Å². The van der Waals surface area contributed by atoms with Crippen LogP contribution in [0.5, 0.6) is 0 Å². The highest BCUT2D eigenvalue weighted by Crippen LogP contribution is 2.54. The molecule has 24 heavy (non-hydrogen) atoms. The van der Waals surface area contributed by atoms with Gasteiger partial charge in [0.15, 0.2) is 0 Å². The van der Waals surface area contributed by atoms with Crippen LogP contribution in [0.25, 0.3) is 0 Å². The minimum Gasteiger partial charge on any atom is -0.378 e. The van der Waals surface area contributed by atoms with Crippen molar-refractivity contribution in [2.45, 2.75) is 64.0 Å². The lowest BCUT2D eigenvalue weighted by Crippen LogP contribution is -2.64. The van der Waals surface area contributed by atoms with Crippen LogP contribution in [0.2, 0.25) is 0 Å². The lowest BCUT2D eigenvalue weighted by atomic mass is 9.60. The molecule has 2 N–H and O–H groups in total. The van der Waals surface area contributed by atoms with Crippen molar-refractivity contribution in [1.29, 1.82) is 0 Å². The zero-order valence-electron chi connectivity index (χ0n) is 14.9. The minimum atomic E-state index is -0.0348. The van der Waals surface area contributed by atoms with Crippen LogP contribution in [0.15, 0.2) is 12.4 Å². The van der Waals surface area contributed by atoms with Gasteiger partial charge in [0.25, 0.3) is 0 Å². The smallest absolute Gasteiger partial charge is 0.315 e. The van der Waals surface area contributed by atoms with Crippen LogP contribution in [-0.4, -0.2) is 41.1 Å². The summed E-state index contributed by atoms with van der Waals surface area (Å²) >= 11 is 0. The Kier molecular flexibility index (Phi) is 5.43. The van der Waals surface area contributed by atoms with E-state index in [0.29, 0.717) is 12.6 Å². The number of carbonyl (C=O) groups excluding carboxylic acids is 1. The third-order valence-electron chi connectivity index (χ3n) is 5.68. The first kappa shape index (κ1) is 17.3. The van der Waals surface area contributed by atoms with Gasteiger partial charge in [-0.05, 0) is 44.6 Å². The zero-order valence-corrected chi connectivity index (χ0v) is 14.9. The van der Waals surface area contributed by atoms with Gasteiger partial charge < -0.3 is 15.4 Å². The van der Waals surface area contributed by atoms with Gasteiger partial charge in [-0.3, -0.25) is 4.68 Å². The van der Waals surface area contributed by atoms with E-state index in [2.05, 4.69) is 22.7 Å². The Morgan fingerprint density at radius 3 is 2.92 bits per heavy atom. The minimum absolute atomic E-state index is 0.0348. The number of hydrogen-bond acceptors (Lipinski definition) is 3. The topological polar surface area (TPSA) is 68.2 Å². The molecule has 0 saturated heterocycles. The normalized spacial score (nSPS) is 24.8. The molecule has 1 aromatic heterocycles. The highest BCUT2D eigenvalue weighted by Gasteiger charge is 2.57. The first-order valence-electron chi connectivity index (χ1n) is 9.27. The van der Waals surface area contributed by atoms with Crippen LogP contribution in [0.1, 0.15) is 51.0 Å². The van der Waals surface area contributed by atoms with E-state index in [1.165, 1.54) is 31.2 Å². The quantitative estimate of drug-likeness (QED) is 0.752. The van der Waals surface area contributed by atoms with E-state index < -0.39 is 0 Å². The molecule has 6 heteroatoms. The second kappa shape index (κ2) is 7.55. The van der Waals surface area contributed by atoms with Crippen molar-refractivity contribution in [3.63, 3.8) is 0 Å². The Balaban J connectivity index is 1.39. The molecule has 2 fully saturated rings. The summed E-state index contributed by atoms with van der Waals surface area (Å²) in [6, 6.07) is 0.238. The van der Waals surface area contributed by atoms with Gasteiger partial charge >= 0.3 is 6.03 Å². The first-order chi connectivity index (χ1) is 11.6. The summed E-state index contributed by atoms with van der Waals surface area (Å²) in [5, 5.41) is 10.3. The Morgan fingerprint density at radius 1 is 1.46 bits per heavy atom. The SMILES string of the molecule is CCO[C@@H]1C[C@H](NC(=O)NCCCc2cnn(C)c2)C12CCCC2. The van der Waals surface area contributed by atoms with E-state index in [0.717, 1.165) is 25.9 Å². The van der Waals surface area contributed by atoms with Gasteiger partial charge in [-0.1, -0.05) is 12.8 Å². The Morgan fingerprint density at radius 2 is 2.25 bits per heavy atom. The van der Waals surface area contributed by atoms with Crippen molar-refractivity contribution in [2.24, 2.45) is 12.5 Å². The molecule has 2 atom stereocenters. The van der Waals surface area contributed by atoms with Crippen LogP contribution in [-0.2, 0) is 18.2 Å². The molecule has 0 bridgehead atoms. The number of aryl methyl sites for hydroxylation is 2. The number of nitrogens with zero attached hydrogens (tertiary/aromatic N) is 2. The number of amides is 2. The molecule has 2 aliphatic rings. The lowest BCUT2D eigenvalue weighted by molar-refractivity contribution is -0.126. The van der Waals surface area contributed by atoms with Crippen LogP contribution in [0.4, 0.5) is 4.79 Å². The Bertz CT molecular complexity index is 551. The average Bonchev–Trinajstić information content (AvgIpc) is 3.21. The number of urea groups is 1. The first-order valence-corrected chi connectivity index (χ1v) is 9.27. The van der Waals surface area contributed by atoms with E-state index in [4.69, 9.17) is 4.74 Å². The fraction of sp³-hybridized carbons (Fsp3) is 0.778. The van der Waals surface area contributed by atoms with Gasteiger partial charge in [-0.2, -0.15) is 5.10 Å². The van der Waals surface area contributed by atoms with Gasteiger partial charge in [0.05, 0.1) is 12.3 Å². The summed E-state index contributed by atoms with van der Waals surface area (Å²) in [6.07, 6.45) is 11.9. The molecule has 1 aromatic rings. The predicted molar refractivity (Wildman–Crippen MR) is 92.8 cm³/mol. The third kappa shape index (κ3) is 3.58. The van der Waals surface area contributed by atoms with Crippen LogP contribution >= 0.6 is 0 Å². The number of aromatic nitrogens is 2. The highest BCUT2D eigenvalue weighted by atomic mass is 16.5. The second-order valence-electron chi connectivity index (χ2n) is 7.20. The Hall–Kier alpha value is -1.56. The number of rotatable bonds is 7. The number of carbonyl (C=O) groups is 1. The zero-order chi connectivity index (χ0) is 17.0. The van der Waals surface area contributed by atoms with E-state index in [9.17, 15) is 4.79 Å². The monoisotopic (exact) mass is 334 g/mol. The molecule has 0 radical (unpaired) electrons. The third-order valence-corrected chi connectivity index (χ3v) is 5.68. The standard InChI is InChI=1S/C18H30N4O2/c1-3-24-16-11-15(18(16)8-4-5-9-18)21-17(23)19-10-6-7-14-12-20-22(2)13-14/h12-13,15-16H,3-11H2,1-2H3,(H2,19,21,23)/t15-,16+/m0/s1. The van der Waals surface area contributed by atoms with Crippen LogP contribution < -0.4 is 10.6 Å². The molecule has 2 amide bonds.